The van der Waals surface area contributed by atoms with E-state index in [9.17, 15) is 24.2 Å². The monoisotopic (exact) mass is 653 g/mol. The van der Waals surface area contributed by atoms with Gasteiger partial charge in [-0.15, -0.1) is 11.3 Å². The first kappa shape index (κ1) is 31.9. The second-order valence-corrected chi connectivity index (χ2v) is 14.2. The van der Waals surface area contributed by atoms with Crippen LogP contribution in [-0.2, 0) is 24.1 Å². The molecule has 1 amide bonds. The number of carbonyl (C=O) groups is 1. The van der Waals surface area contributed by atoms with Crippen LogP contribution in [0.15, 0.2) is 46.6 Å². The lowest BCUT2D eigenvalue weighted by atomic mass is 9.89. The van der Waals surface area contributed by atoms with Crippen LogP contribution in [0.3, 0.4) is 0 Å². The van der Waals surface area contributed by atoms with Gasteiger partial charge >= 0.3 is 4.87 Å². The summed E-state index contributed by atoms with van der Waals surface area (Å²) in [4.78, 5) is 32.9. The van der Waals surface area contributed by atoms with E-state index in [2.05, 4.69) is 16.8 Å². The average molecular weight is 654 g/mol. The predicted octanol–water partition coefficient (Wildman–Crippen LogP) is 6.01. The van der Waals surface area contributed by atoms with Gasteiger partial charge in [-0.1, -0.05) is 42.9 Å². The highest BCUT2D eigenvalue weighted by Gasteiger charge is 2.41. The molecule has 45 heavy (non-hydrogen) atoms. The summed E-state index contributed by atoms with van der Waals surface area (Å²) in [5.74, 6) is -0.133. The number of aromatic amines is 1. The molecule has 2 aromatic carbocycles. The van der Waals surface area contributed by atoms with Gasteiger partial charge in [0, 0.05) is 42.0 Å². The van der Waals surface area contributed by atoms with E-state index in [0.29, 0.717) is 66.7 Å². The number of thiazole rings is 1. The summed E-state index contributed by atoms with van der Waals surface area (Å²) in [6, 6.07) is 10.5. The van der Waals surface area contributed by atoms with Crippen molar-refractivity contribution >= 4 is 38.8 Å². The third-order valence-electron chi connectivity index (χ3n) is 9.19. The molecule has 0 saturated carbocycles. The number of carbonyl (C=O) groups excluding carboxylic acids is 1. The summed E-state index contributed by atoms with van der Waals surface area (Å²) in [5.41, 5.74) is 3.19. The minimum atomic E-state index is -0.777. The SMILES string of the molecule is CCc1cc(C(=O)N2CCOC3(CCN(Cc4ccc(F)c(CCCC[C@H](O)c5ccc(O)c6[nH]c(=O)sc56)c4)CC3)C2)cs1. The van der Waals surface area contributed by atoms with E-state index in [1.807, 2.05) is 28.5 Å². The Kier molecular flexibility index (Phi) is 9.72. The number of H-pyrrole nitrogens is 1. The number of nitrogens with one attached hydrogen (secondary N) is 1. The molecule has 11 heteroatoms. The number of benzene rings is 2. The van der Waals surface area contributed by atoms with Gasteiger partial charge < -0.3 is 24.8 Å². The molecule has 4 heterocycles. The minimum Gasteiger partial charge on any atom is -0.506 e. The Hall–Kier alpha value is -3.09. The van der Waals surface area contributed by atoms with E-state index in [1.54, 1.807) is 23.5 Å². The molecule has 4 aromatic rings. The molecule has 0 aliphatic carbocycles. The molecule has 0 unspecified atom stereocenters. The van der Waals surface area contributed by atoms with Gasteiger partial charge in [-0.3, -0.25) is 14.5 Å². The number of aromatic hydroxyl groups is 1. The van der Waals surface area contributed by atoms with Crippen LogP contribution >= 0.6 is 22.7 Å². The Bertz CT molecular complexity index is 1710. The van der Waals surface area contributed by atoms with Crippen molar-refractivity contribution < 1.29 is 24.1 Å². The first-order valence-electron chi connectivity index (χ1n) is 15.8. The number of phenolic OH excluding ortho intramolecular Hbond substituents is 1. The Morgan fingerprint density at radius 1 is 1.16 bits per heavy atom. The lowest BCUT2D eigenvalue weighted by Gasteiger charge is -2.47. The third kappa shape index (κ3) is 7.18. The van der Waals surface area contributed by atoms with Crippen LogP contribution in [0.5, 0.6) is 5.75 Å². The van der Waals surface area contributed by atoms with E-state index in [0.717, 1.165) is 61.4 Å². The summed E-state index contributed by atoms with van der Waals surface area (Å²) in [5, 5.41) is 22.8. The van der Waals surface area contributed by atoms with Gasteiger partial charge in [-0.25, -0.2) is 4.39 Å². The molecule has 2 aliphatic heterocycles. The summed E-state index contributed by atoms with van der Waals surface area (Å²) in [6.07, 6.45) is 4.31. The minimum absolute atomic E-state index is 0.0145. The van der Waals surface area contributed by atoms with Crippen LogP contribution in [-0.4, -0.2) is 69.3 Å². The maximum atomic E-state index is 14.7. The number of likely N-dealkylation sites (tertiary alicyclic amines) is 1. The normalized spacial score (nSPS) is 17.7. The van der Waals surface area contributed by atoms with Crippen LogP contribution < -0.4 is 4.87 Å². The maximum absolute atomic E-state index is 14.7. The number of aliphatic hydroxyl groups excluding tert-OH is 1. The van der Waals surface area contributed by atoms with E-state index in [4.69, 9.17) is 4.74 Å². The number of unbranched alkanes of at least 4 members (excludes halogenated alkanes) is 1. The molecule has 8 nitrogen and oxygen atoms in total. The van der Waals surface area contributed by atoms with Gasteiger partial charge in [-0.05, 0) is 67.9 Å². The summed E-state index contributed by atoms with van der Waals surface area (Å²) in [6.45, 7) is 6.34. The lowest BCUT2D eigenvalue weighted by molar-refractivity contribution is -0.127. The first-order chi connectivity index (χ1) is 21.7. The van der Waals surface area contributed by atoms with Gasteiger partial charge in [0.1, 0.15) is 17.1 Å². The number of thiophene rings is 1. The van der Waals surface area contributed by atoms with Crippen molar-refractivity contribution in [3.8, 4) is 5.75 Å². The molecule has 3 N–H and O–H groups in total. The third-order valence-corrected chi connectivity index (χ3v) is 11.2. The molecule has 2 fully saturated rings. The fourth-order valence-electron chi connectivity index (χ4n) is 6.59. The number of hydrogen-bond acceptors (Lipinski definition) is 8. The second kappa shape index (κ2) is 13.7. The van der Waals surface area contributed by atoms with Crippen LogP contribution in [0.1, 0.15) is 77.1 Å². The number of aliphatic hydroxyl groups is 1. The van der Waals surface area contributed by atoms with Gasteiger partial charge in [-0.2, -0.15) is 0 Å². The topological polar surface area (TPSA) is 106 Å². The molecule has 6 rings (SSSR count). The molecule has 1 atom stereocenters. The van der Waals surface area contributed by atoms with Crippen molar-refractivity contribution in [3.05, 3.63) is 84.4 Å². The van der Waals surface area contributed by atoms with Gasteiger partial charge in [0.05, 0.1) is 35.1 Å². The number of fused-ring (bicyclic) bond motifs is 1. The standard InChI is InChI=1S/C34H40FN3O5S2/c1-2-25-18-24(20-44-25)32(41)38-15-16-43-34(21-38)11-13-37(14-12-34)19-22-7-9-27(35)23(17-22)5-3-4-6-28(39)26-8-10-29(40)30-31(26)45-33(42)36-30/h7-10,17-18,20,28,39-40H,2-6,11-16,19,21H2,1H3,(H,36,42)/t28-/m0/s1. The van der Waals surface area contributed by atoms with Crippen molar-refractivity contribution in [2.45, 2.75) is 70.1 Å². The molecule has 2 saturated heterocycles. The number of amides is 1. The van der Waals surface area contributed by atoms with Gasteiger partial charge in [0.15, 0.2) is 0 Å². The largest absolute Gasteiger partial charge is 0.506 e. The zero-order valence-corrected chi connectivity index (χ0v) is 27.2. The van der Waals surface area contributed by atoms with Crippen molar-refractivity contribution in [3.63, 3.8) is 0 Å². The number of halogens is 1. The molecular formula is C34H40FN3O5S2. The first-order valence-corrected chi connectivity index (χ1v) is 17.5. The number of piperidine rings is 1. The van der Waals surface area contributed by atoms with Crippen LogP contribution in [0.4, 0.5) is 4.39 Å². The molecule has 0 radical (unpaired) electrons. The van der Waals surface area contributed by atoms with Gasteiger partial charge in [0.2, 0.25) is 0 Å². The van der Waals surface area contributed by atoms with Crippen molar-refractivity contribution in [2.75, 3.05) is 32.8 Å². The zero-order valence-electron chi connectivity index (χ0n) is 25.5. The Morgan fingerprint density at radius 3 is 2.76 bits per heavy atom. The summed E-state index contributed by atoms with van der Waals surface area (Å²) >= 11 is 2.62. The molecule has 2 aromatic heterocycles. The van der Waals surface area contributed by atoms with E-state index < -0.39 is 6.10 Å². The number of nitrogens with zero attached hydrogens (tertiary/aromatic N) is 2. The van der Waals surface area contributed by atoms with Crippen molar-refractivity contribution in [1.29, 1.82) is 0 Å². The van der Waals surface area contributed by atoms with Crippen LogP contribution in [0.25, 0.3) is 10.2 Å². The highest BCUT2D eigenvalue weighted by molar-refractivity contribution is 7.16. The number of aryl methyl sites for hydroxylation is 2. The van der Waals surface area contributed by atoms with Crippen LogP contribution in [0.2, 0.25) is 0 Å². The Labute approximate surface area is 270 Å². The number of aromatic nitrogens is 1. The second-order valence-electron chi connectivity index (χ2n) is 12.3. The molecular weight excluding hydrogens is 614 g/mol. The fourth-order valence-corrected chi connectivity index (χ4v) is 8.31. The maximum Gasteiger partial charge on any atom is 0.305 e. The summed E-state index contributed by atoms with van der Waals surface area (Å²) in [7, 11) is 0. The molecule has 2 aliphatic rings. The summed E-state index contributed by atoms with van der Waals surface area (Å²) < 4.78 is 21.6. The lowest BCUT2D eigenvalue weighted by Crippen LogP contribution is -2.57. The quantitative estimate of drug-likeness (QED) is 0.181. The average Bonchev–Trinajstić information content (AvgIpc) is 3.69. The smallest absolute Gasteiger partial charge is 0.305 e. The number of morpholine rings is 1. The highest BCUT2D eigenvalue weighted by atomic mass is 32.1. The predicted molar refractivity (Wildman–Crippen MR) is 176 cm³/mol. The van der Waals surface area contributed by atoms with E-state index >= 15 is 0 Å². The molecule has 0 bridgehead atoms. The van der Waals surface area contributed by atoms with Gasteiger partial charge in [0.25, 0.3) is 5.91 Å². The number of ether oxygens (including phenoxy) is 1. The molecule has 240 valence electrons. The fraction of sp³-hybridized carbons (Fsp3) is 0.471. The van der Waals surface area contributed by atoms with Crippen LogP contribution in [0, 0.1) is 5.82 Å². The Morgan fingerprint density at radius 2 is 1.98 bits per heavy atom. The van der Waals surface area contributed by atoms with Crippen molar-refractivity contribution in [2.24, 2.45) is 0 Å². The zero-order chi connectivity index (χ0) is 31.6. The number of hydrogen-bond donors (Lipinski definition) is 3. The number of rotatable bonds is 10. The Balaban J connectivity index is 0.989. The molecule has 1 spiro atoms. The highest BCUT2D eigenvalue weighted by Crippen LogP contribution is 2.34. The van der Waals surface area contributed by atoms with Crippen molar-refractivity contribution in [1.82, 2.24) is 14.8 Å². The number of phenols is 1. The van der Waals surface area contributed by atoms with E-state index in [1.165, 1.54) is 10.9 Å². The van der Waals surface area contributed by atoms with E-state index in [-0.39, 0.29) is 27.9 Å².